The van der Waals surface area contributed by atoms with Gasteiger partial charge in [0.05, 0.1) is 5.69 Å². The van der Waals surface area contributed by atoms with Crippen LogP contribution in [0.25, 0.3) is 5.65 Å². The fraction of sp³-hybridized carbons (Fsp3) is 0.500. The van der Waals surface area contributed by atoms with Crippen LogP contribution in [0.5, 0.6) is 0 Å². The minimum Gasteiger partial charge on any atom is -0.382 e. The second-order valence-electron chi connectivity index (χ2n) is 10.6. The van der Waals surface area contributed by atoms with Crippen LogP contribution in [0.3, 0.4) is 0 Å². The van der Waals surface area contributed by atoms with Gasteiger partial charge >= 0.3 is 0 Å². The molecule has 0 aliphatic heterocycles. The van der Waals surface area contributed by atoms with E-state index in [0.29, 0.717) is 42.9 Å². The number of carbonyl (C=O) groups excluding carboxylic acids is 2. The van der Waals surface area contributed by atoms with E-state index < -0.39 is 17.7 Å². The second-order valence-corrected chi connectivity index (χ2v) is 10.6. The lowest BCUT2D eigenvalue weighted by Crippen LogP contribution is -2.44. The summed E-state index contributed by atoms with van der Waals surface area (Å²) >= 11 is 0. The van der Waals surface area contributed by atoms with Crippen LogP contribution in [0, 0.1) is 17.7 Å². The molecule has 0 bridgehead atoms. The molecule has 3 aromatic rings. The van der Waals surface area contributed by atoms with Crippen LogP contribution in [0.2, 0.25) is 0 Å². The predicted molar refractivity (Wildman–Crippen MR) is 142 cm³/mol. The summed E-state index contributed by atoms with van der Waals surface area (Å²) in [4.78, 5) is 33.7. The highest BCUT2D eigenvalue weighted by Gasteiger charge is 2.27. The average Bonchev–Trinajstić information content (AvgIpc) is 3.28. The highest BCUT2D eigenvalue weighted by molar-refractivity contribution is 5.99. The summed E-state index contributed by atoms with van der Waals surface area (Å²) in [6.07, 6.45) is 9.83. The lowest BCUT2D eigenvalue weighted by atomic mass is 9.91. The Morgan fingerprint density at radius 2 is 1.66 bits per heavy atom. The molecule has 1 aliphatic carbocycles. The van der Waals surface area contributed by atoms with Crippen molar-refractivity contribution in [2.75, 3.05) is 5.32 Å². The Kier molecular flexibility index (Phi) is 8.91. The predicted octanol–water partition coefficient (Wildman–Crippen LogP) is 5.11. The second kappa shape index (κ2) is 12.3. The number of rotatable bonds is 10. The molecule has 4 rings (SSSR count). The van der Waals surface area contributed by atoms with E-state index >= 15 is 0 Å². The SMILES string of the molecule is CC(C)CCCC(C)Nc1ccnc(F)c1C(=O)NC1CCC(NC(=O)c2cn3cc(F)ccc3n2)CC1. The largest absolute Gasteiger partial charge is 0.382 e. The Morgan fingerprint density at radius 1 is 0.974 bits per heavy atom. The molecule has 1 saturated carbocycles. The molecule has 3 heterocycles. The Labute approximate surface area is 221 Å². The number of fused-ring (bicyclic) bond motifs is 1. The minimum atomic E-state index is -0.796. The van der Waals surface area contributed by atoms with E-state index in [2.05, 4.69) is 39.8 Å². The van der Waals surface area contributed by atoms with E-state index in [1.165, 1.54) is 35.1 Å². The summed E-state index contributed by atoms with van der Waals surface area (Å²) < 4.78 is 29.5. The van der Waals surface area contributed by atoms with Crippen LogP contribution in [0.4, 0.5) is 14.5 Å². The van der Waals surface area contributed by atoms with Crippen molar-refractivity contribution in [3.63, 3.8) is 0 Å². The Hall–Kier alpha value is -3.56. The molecular formula is C28H36F2N6O2. The fourth-order valence-corrected chi connectivity index (χ4v) is 4.92. The number of nitrogens with zero attached hydrogens (tertiary/aromatic N) is 3. The van der Waals surface area contributed by atoms with E-state index in [-0.39, 0.29) is 35.3 Å². The van der Waals surface area contributed by atoms with Crippen molar-refractivity contribution in [3.05, 3.63) is 59.8 Å². The highest BCUT2D eigenvalue weighted by atomic mass is 19.1. The van der Waals surface area contributed by atoms with Gasteiger partial charge in [-0.15, -0.1) is 0 Å². The summed E-state index contributed by atoms with van der Waals surface area (Å²) in [5.41, 5.74) is 1.09. The number of amides is 2. The molecular weight excluding hydrogens is 490 g/mol. The van der Waals surface area contributed by atoms with Gasteiger partial charge in [0.25, 0.3) is 11.8 Å². The van der Waals surface area contributed by atoms with Crippen molar-refractivity contribution in [2.24, 2.45) is 5.92 Å². The molecule has 1 fully saturated rings. The molecule has 2 amide bonds. The van der Waals surface area contributed by atoms with Gasteiger partial charge in [0.1, 0.15) is 22.7 Å². The van der Waals surface area contributed by atoms with E-state index in [4.69, 9.17) is 0 Å². The maximum absolute atomic E-state index is 14.6. The fourth-order valence-electron chi connectivity index (χ4n) is 4.92. The first kappa shape index (κ1) is 27.5. The van der Waals surface area contributed by atoms with E-state index in [0.717, 1.165) is 19.3 Å². The van der Waals surface area contributed by atoms with Crippen molar-refractivity contribution in [3.8, 4) is 0 Å². The number of pyridine rings is 2. The zero-order chi connectivity index (χ0) is 27.2. The molecule has 8 nitrogen and oxygen atoms in total. The zero-order valence-electron chi connectivity index (χ0n) is 22.1. The highest BCUT2D eigenvalue weighted by Crippen LogP contribution is 2.23. The topological polar surface area (TPSA) is 100 Å². The summed E-state index contributed by atoms with van der Waals surface area (Å²) in [5.74, 6) is -1.39. The first-order valence-corrected chi connectivity index (χ1v) is 13.4. The van der Waals surface area contributed by atoms with Crippen molar-refractivity contribution in [1.29, 1.82) is 0 Å². The van der Waals surface area contributed by atoms with Gasteiger partial charge in [-0.05, 0) is 63.1 Å². The van der Waals surface area contributed by atoms with Crippen molar-refractivity contribution >= 4 is 23.1 Å². The van der Waals surface area contributed by atoms with Crippen LogP contribution in [-0.4, -0.2) is 44.3 Å². The third-order valence-corrected chi connectivity index (χ3v) is 7.00. The van der Waals surface area contributed by atoms with E-state index in [1.54, 1.807) is 6.07 Å². The van der Waals surface area contributed by atoms with Crippen molar-refractivity contribution in [2.45, 2.75) is 83.8 Å². The molecule has 0 radical (unpaired) electrons. The third-order valence-electron chi connectivity index (χ3n) is 7.00. The van der Waals surface area contributed by atoms with Gasteiger partial charge in [0, 0.05) is 36.7 Å². The molecule has 0 aromatic carbocycles. The number of nitrogens with one attached hydrogen (secondary N) is 3. The van der Waals surface area contributed by atoms with Gasteiger partial charge in [-0.25, -0.2) is 14.4 Å². The van der Waals surface area contributed by atoms with Gasteiger partial charge in [0.15, 0.2) is 0 Å². The molecule has 3 N–H and O–H groups in total. The number of aromatic nitrogens is 3. The summed E-state index contributed by atoms with van der Waals surface area (Å²) in [7, 11) is 0. The maximum Gasteiger partial charge on any atom is 0.271 e. The molecule has 1 unspecified atom stereocenters. The molecule has 1 aliphatic rings. The minimum absolute atomic E-state index is 0.0677. The number of anilines is 1. The van der Waals surface area contributed by atoms with Crippen LogP contribution < -0.4 is 16.0 Å². The van der Waals surface area contributed by atoms with Crippen molar-refractivity contribution in [1.82, 2.24) is 25.0 Å². The quantitative estimate of drug-likeness (QED) is 0.319. The number of hydrogen-bond acceptors (Lipinski definition) is 5. The van der Waals surface area contributed by atoms with Crippen LogP contribution in [0.15, 0.2) is 36.8 Å². The molecule has 3 aromatic heterocycles. The van der Waals surface area contributed by atoms with Gasteiger partial charge in [-0.3, -0.25) is 9.59 Å². The molecule has 0 spiro atoms. The normalized spacial score (nSPS) is 18.4. The lowest BCUT2D eigenvalue weighted by molar-refractivity contribution is 0.0887. The van der Waals surface area contributed by atoms with E-state index in [9.17, 15) is 18.4 Å². The summed E-state index contributed by atoms with van der Waals surface area (Å²) in [5, 5.41) is 9.22. The van der Waals surface area contributed by atoms with Crippen LogP contribution >= 0.6 is 0 Å². The van der Waals surface area contributed by atoms with Crippen LogP contribution in [0.1, 0.15) is 86.6 Å². The average molecular weight is 527 g/mol. The maximum atomic E-state index is 14.6. The molecule has 10 heteroatoms. The summed E-state index contributed by atoms with van der Waals surface area (Å²) in [6, 6.07) is 4.33. The van der Waals surface area contributed by atoms with E-state index in [1.807, 2.05) is 6.92 Å². The Bertz CT molecular complexity index is 1270. The molecule has 0 saturated heterocycles. The standard InChI is InChI=1S/C28H36F2N6O2/c1-17(2)5-4-6-18(3)32-22-13-14-31-26(30)25(22)28(38)34-21-10-8-20(9-11-21)33-27(37)23-16-36-15-19(29)7-12-24(36)35-23/h7,12-18,20-21H,4-6,8-11H2,1-3H3,(H,31,32)(H,33,37)(H,34,38). The smallest absolute Gasteiger partial charge is 0.271 e. The van der Waals surface area contributed by atoms with Gasteiger partial charge in [0.2, 0.25) is 5.95 Å². The third kappa shape index (κ3) is 7.05. The monoisotopic (exact) mass is 526 g/mol. The van der Waals surface area contributed by atoms with Gasteiger partial charge in [-0.2, -0.15) is 4.39 Å². The number of carbonyl (C=O) groups is 2. The Balaban J connectivity index is 1.29. The number of halogens is 2. The first-order valence-electron chi connectivity index (χ1n) is 13.4. The zero-order valence-corrected chi connectivity index (χ0v) is 22.1. The lowest BCUT2D eigenvalue weighted by Gasteiger charge is -2.29. The molecule has 38 heavy (non-hydrogen) atoms. The number of imidazole rings is 1. The van der Waals surface area contributed by atoms with Crippen LogP contribution in [-0.2, 0) is 0 Å². The number of hydrogen-bond donors (Lipinski definition) is 3. The summed E-state index contributed by atoms with van der Waals surface area (Å²) in [6.45, 7) is 6.40. The van der Waals surface area contributed by atoms with Gasteiger partial charge < -0.3 is 20.4 Å². The van der Waals surface area contributed by atoms with Crippen molar-refractivity contribution < 1.29 is 18.4 Å². The molecule has 204 valence electrons. The molecule has 1 atom stereocenters. The Morgan fingerprint density at radius 3 is 2.34 bits per heavy atom. The van der Waals surface area contributed by atoms with Gasteiger partial charge in [-0.1, -0.05) is 26.7 Å². The first-order chi connectivity index (χ1) is 18.2.